The number of aliphatic imine (C=N–C) groups is 1. The average molecular weight is 448 g/mol. The van der Waals surface area contributed by atoms with Crippen molar-refractivity contribution >= 4 is 40.4 Å². The zero-order valence-corrected chi connectivity index (χ0v) is 16.6. The number of nitrogen functional groups attached to an aromatic ring is 1. The van der Waals surface area contributed by atoms with Crippen LogP contribution in [-0.2, 0) is 12.6 Å². The first-order valence-corrected chi connectivity index (χ1v) is 9.20. The quantitative estimate of drug-likeness (QED) is 0.631. The fourth-order valence-electron chi connectivity index (χ4n) is 2.94. The number of aryl methyl sites for hydroxylation is 1. The van der Waals surface area contributed by atoms with Crippen molar-refractivity contribution in [2.24, 2.45) is 4.99 Å². The summed E-state index contributed by atoms with van der Waals surface area (Å²) >= 11 is 6.00. The van der Waals surface area contributed by atoms with E-state index < -0.39 is 17.9 Å². The predicted molar refractivity (Wildman–Crippen MR) is 108 cm³/mol. The first kappa shape index (κ1) is 20.7. The van der Waals surface area contributed by atoms with E-state index in [0.29, 0.717) is 17.0 Å². The topological polar surface area (TPSA) is 119 Å². The van der Waals surface area contributed by atoms with Gasteiger partial charge in [0, 0.05) is 12.1 Å². The Morgan fingerprint density at radius 1 is 1.23 bits per heavy atom. The SMILES string of the molecule is Cc1ccc(C2=Nc3cnc(C(F)(F)F)nc3C2)cc1NC(=O)c1ncnc(N)c1Cl. The molecule has 0 radical (unpaired) electrons. The van der Waals surface area contributed by atoms with E-state index in [1.54, 1.807) is 25.1 Å². The van der Waals surface area contributed by atoms with Crippen LogP contribution in [0.5, 0.6) is 0 Å². The fourth-order valence-corrected chi connectivity index (χ4v) is 3.12. The maximum absolute atomic E-state index is 12.9. The van der Waals surface area contributed by atoms with E-state index >= 15 is 0 Å². The number of benzene rings is 1. The van der Waals surface area contributed by atoms with Gasteiger partial charge in [-0.05, 0) is 24.1 Å². The van der Waals surface area contributed by atoms with E-state index in [2.05, 4.69) is 30.2 Å². The van der Waals surface area contributed by atoms with E-state index in [0.717, 1.165) is 18.1 Å². The van der Waals surface area contributed by atoms with Gasteiger partial charge in [0.15, 0.2) is 5.69 Å². The highest BCUT2D eigenvalue weighted by molar-refractivity contribution is 6.36. The molecule has 3 aromatic rings. The van der Waals surface area contributed by atoms with Crippen LogP contribution in [0, 0.1) is 6.92 Å². The molecule has 3 N–H and O–H groups in total. The molecule has 0 atom stereocenters. The highest BCUT2D eigenvalue weighted by Gasteiger charge is 2.36. The Balaban J connectivity index is 1.60. The van der Waals surface area contributed by atoms with Crippen LogP contribution in [0.25, 0.3) is 0 Å². The van der Waals surface area contributed by atoms with Crippen molar-refractivity contribution in [2.45, 2.75) is 19.5 Å². The summed E-state index contributed by atoms with van der Waals surface area (Å²) in [6.07, 6.45) is -2.35. The normalized spacial score (nSPS) is 13.0. The van der Waals surface area contributed by atoms with Gasteiger partial charge in [0.2, 0.25) is 5.82 Å². The van der Waals surface area contributed by atoms with Crippen molar-refractivity contribution < 1.29 is 18.0 Å². The molecule has 12 heteroatoms. The highest BCUT2D eigenvalue weighted by Crippen LogP contribution is 2.32. The number of carbonyl (C=O) groups excluding carboxylic acids is 1. The summed E-state index contributed by atoms with van der Waals surface area (Å²) in [5, 5.41) is 2.64. The number of nitrogens with zero attached hydrogens (tertiary/aromatic N) is 5. The van der Waals surface area contributed by atoms with Gasteiger partial charge in [-0.3, -0.25) is 4.79 Å². The molecule has 8 nitrogen and oxygen atoms in total. The molecule has 0 unspecified atom stereocenters. The fraction of sp³-hybridized carbons (Fsp3) is 0.158. The second-order valence-electron chi connectivity index (χ2n) is 6.66. The number of halogens is 4. The molecule has 0 aliphatic carbocycles. The standard InChI is InChI=1S/C19H13ClF3N7O/c1-8-2-3-9(4-10(8)29-17(31)15-14(20)16(24)27-7-26-15)11-5-12-13(28-11)6-25-18(30-12)19(21,22)23/h2-4,6-7H,5H2,1H3,(H,29,31)(H2,24,26,27). The number of aromatic nitrogens is 4. The van der Waals surface area contributed by atoms with Crippen LogP contribution in [0.4, 0.5) is 30.4 Å². The largest absolute Gasteiger partial charge is 0.451 e. The molecule has 2 aromatic heterocycles. The van der Waals surface area contributed by atoms with E-state index in [1.807, 2.05) is 0 Å². The Morgan fingerprint density at radius 2 is 2.00 bits per heavy atom. The molecule has 1 aliphatic heterocycles. The molecule has 1 aromatic carbocycles. The molecule has 4 rings (SSSR count). The van der Waals surface area contributed by atoms with Crippen molar-refractivity contribution in [1.29, 1.82) is 0 Å². The van der Waals surface area contributed by atoms with Crippen molar-refractivity contribution in [3.05, 3.63) is 64.1 Å². The Bertz CT molecular complexity index is 1240. The van der Waals surface area contributed by atoms with Gasteiger partial charge in [-0.1, -0.05) is 23.7 Å². The third kappa shape index (κ3) is 4.04. The molecular weight excluding hydrogens is 435 g/mol. The first-order chi connectivity index (χ1) is 14.6. The third-order valence-electron chi connectivity index (χ3n) is 4.54. The Morgan fingerprint density at radius 3 is 2.74 bits per heavy atom. The Labute approximate surface area is 178 Å². The van der Waals surface area contributed by atoms with E-state index in [9.17, 15) is 18.0 Å². The van der Waals surface area contributed by atoms with E-state index in [-0.39, 0.29) is 34.3 Å². The number of hydrogen-bond donors (Lipinski definition) is 2. The van der Waals surface area contributed by atoms with Crippen LogP contribution in [0.2, 0.25) is 5.02 Å². The van der Waals surface area contributed by atoms with Crippen molar-refractivity contribution in [3.8, 4) is 0 Å². The van der Waals surface area contributed by atoms with Gasteiger partial charge in [-0.2, -0.15) is 13.2 Å². The summed E-state index contributed by atoms with van der Waals surface area (Å²) in [6.45, 7) is 1.78. The number of hydrogen-bond acceptors (Lipinski definition) is 7. The van der Waals surface area contributed by atoms with Gasteiger partial charge in [0.1, 0.15) is 22.9 Å². The lowest BCUT2D eigenvalue weighted by Crippen LogP contribution is -2.16. The summed E-state index contributed by atoms with van der Waals surface area (Å²) in [6, 6.07) is 5.16. The average Bonchev–Trinajstić information content (AvgIpc) is 3.14. The molecule has 0 saturated heterocycles. The molecule has 3 heterocycles. The maximum atomic E-state index is 12.9. The maximum Gasteiger partial charge on any atom is 0.451 e. The minimum atomic E-state index is -4.63. The van der Waals surface area contributed by atoms with Crippen molar-refractivity contribution in [2.75, 3.05) is 11.1 Å². The number of alkyl halides is 3. The third-order valence-corrected chi connectivity index (χ3v) is 4.91. The van der Waals surface area contributed by atoms with Crippen molar-refractivity contribution in [3.63, 3.8) is 0 Å². The summed E-state index contributed by atoms with van der Waals surface area (Å²) in [7, 11) is 0. The van der Waals surface area contributed by atoms with E-state index in [4.69, 9.17) is 17.3 Å². The molecule has 1 aliphatic rings. The van der Waals surface area contributed by atoms with Crippen LogP contribution >= 0.6 is 11.6 Å². The second kappa shape index (κ2) is 7.58. The van der Waals surface area contributed by atoms with Crippen LogP contribution in [0.1, 0.15) is 33.1 Å². The first-order valence-electron chi connectivity index (χ1n) is 8.82. The number of nitrogens with two attached hydrogens (primary N) is 1. The number of anilines is 2. The Kier molecular flexibility index (Phi) is 5.05. The van der Waals surface area contributed by atoms with Gasteiger partial charge < -0.3 is 11.1 Å². The van der Waals surface area contributed by atoms with Crippen LogP contribution in [-0.4, -0.2) is 31.6 Å². The van der Waals surface area contributed by atoms with Crippen molar-refractivity contribution in [1.82, 2.24) is 19.9 Å². The second-order valence-corrected chi connectivity index (χ2v) is 7.04. The van der Waals surface area contributed by atoms with Gasteiger partial charge >= 0.3 is 6.18 Å². The lowest BCUT2D eigenvalue weighted by molar-refractivity contribution is -0.145. The number of nitrogens with one attached hydrogen (secondary N) is 1. The monoisotopic (exact) mass is 447 g/mol. The number of carbonyl (C=O) groups is 1. The summed E-state index contributed by atoms with van der Waals surface area (Å²) in [5.74, 6) is -1.82. The minimum Gasteiger partial charge on any atom is -0.382 e. The zero-order valence-electron chi connectivity index (χ0n) is 15.8. The minimum absolute atomic E-state index is 0.0234. The van der Waals surface area contributed by atoms with Gasteiger partial charge in [0.25, 0.3) is 5.91 Å². The number of rotatable bonds is 3. The lowest BCUT2D eigenvalue weighted by atomic mass is 10.0. The Hall–Kier alpha value is -3.60. The zero-order chi connectivity index (χ0) is 22.3. The molecular formula is C19H13ClF3N7O. The predicted octanol–water partition coefficient (Wildman–Crippen LogP) is 3.76. The summed E-state index contributed by atoms with van der Waals surface area (Å²) in [5.41, 5.74) is 8.30. The number of amides is 1. The van der Waals surface area contributed by atoms with Gasteiger partial charge in [-0.25, -0.2) is 24.9 Å². The molecule has 158 valence electrons. The molecule has 0 bridgehead atoms. The van der Waals surface area contributed by atoms with Crippen LogP contribution < -0.4 is 11.1 Å². The van der Waals surface area contributed by atoms with Crippen LogP contribution in [0.3, 0.4) is 0 Å². The molecule has 1 amide bonds. The summed E-state index contributed by atoms with van der Waals surface area (Å²) in [4.78, 5) is 31.4. The highest BCUT2D eigenvalue weighted by atomic mass is 35.5. The number of fused-ring (bicyclic) bond motifs is 1. The summed E-state index contributed by atoms with van der Waals surface area (Å²) < 4.78 is 38.6. The smallest absolute Gasteiger partial charge is 0.382 e. The molecule has 31 heavy (non-hydrogen) atoms. The van der Waals surface area contributed by atoms with Gasteiger partial charge in [-0.15, -0.1) is 0 Å². The molecule has 0 fully saturated rings. The molecule has 0 spiro atoms. The van der Waals surface area contributed by atoms with Gasteiger partial charge in [0.05, 0.1) is 17.6 Å². The van der Waals surface area contributed by atoms with E-state index in [1.165, 1.54) is 0 Å². The molecule has 0 saturated carbocycles. The van der Waals surface area contributed by atoms with Crippen LogP contribution in [0.15, 0.2) is 35.7 Å². The lowest BCUT2D eigenvalue weighted by Gasteiger charge is -2.11.